The predicted octanol–water partition coefficient (Wildman–Crippen LogP) is 5.33. The van der Waals surface area contributed by atoms with E-state index in [0.29, 0.717) is 12.4 Å². The Kier molecular flexibility index (Phi) is 5.53. The topological polar surface area (TPSA) is 55.4 Å². The lowest BCUT2D eigenvalue weighted by Crippen LogP contribution is -2.24. The van der Waals surface area contributed by atoms with Gasteiger partial charge in [0.05, 0.1) is 0 Å². The molecule has 1 aliphatic rings. The summed E-state index contributed by atoms with van der Waals surface area (Å²) in [5.41, 5.74) is 3.11. The van der Waals surface area contributed by atoms with E-state index in [1.165, 1.54) is 5.56 Å². The molecule has 0 amide bonds. The van der Waals surface area contributed by atoms with Crippen molar-refractivity contribution in [2.24, 2.45) is 0 Å². The molecule has 138 valence electrons. The third-order valence-corrected chi connectivity index (χ3v) is 5.02. The van der Waals surface area contributed by atoms with Crippen LogP contribution in [0.4, 0.5) is 0 Å². The number of hydrogen-bond acceptors (Lipinski definition) is 4. The molecule has 4 rings (SSSR count). The highest BCUT2D eigenvalue weighted by Gasteiger charge is 2.27. The molecule has 27 heavy (non-hydrogen) atoms. The quantitative estimate of drug-likeness (QED) is 0.596. The van der Waals surface area contributed by atoms with Crippen molar-refractivity contribution in [3.05, 3.63) is 71.5 Å². The van der Waals surface area contributed by atoms with Crippen molar-refractivity contribution in [1.82, 2.24) is 0 Å². The number of nitriles is 1. The number of aryl methyl sites for hydroxylation is 2. The van der Waals surface area contributed by atoms with Gasteiger partial charge >= 0.3 is 0 Å². The van der Waals surface area contributed by atoms with Crippen LogP contribution in [0.25, 0.3) is 11.0 Å². The Morgan fingerprint density at radius 1 is 1.04 bits per heavy atom. The molecule has 1 aliphatic heterocycles. The first-order chi connectivity index (χ1) is 13.3. The highest BCUT2D eigenvalue weighted by atomic mass is 16.7. The second-order valence-electron chi connectivity index (χ2n) is 6.87. The average Bonchev–Trinajstić information content (AvgIpc) is 3.10. The SMILES string of the molecule is N#CC(OC1CCCCO1)c1oc2ccccc2c1CCc1ccccc1. The summed E-state index contributed by atoms with van der Waals surface area (Å²) in [6.07, 6.45) is 3.51. The molecule has 4 heteroatoms. The van der Waals surface area contributed by atoms with Crippen molar-refractivity contribution >= 4 is 11.0 Å². The van der Waals surface area contributed by atoms with Crippen LogP contribution in [0.15, 0.2) is 59.0 Å². The molecule has 1 saturated heterocycles. The molecule has 4 nitrogen and oxygen atoms in total. The summed E-state index contributed by atoms with van der Waals surface area (Å²) in [7, 11) is 0. The van der Waals surface area contributed by atoms with Crippen LogP contribution in [0.1, 0.15) is 42.3 Å². The lowest BCUT2D eigenvalue weighted by atomic mass is 10.00. The first kappa shape index (κ1) is 17.8. The van der Waals surface area contributed by atoms with Crippen LogP contribution in [0, 0.1) is 11.3 Å². The minimum absolute atomic E-state index is 0.335. The maximum absolute atomic E-state index is 9.75. The standard InChI is InChI=1S/C23H23NO3/c24-16-21(26-22-12-6-7-15-25-22)23-19(14-13-17-8-2-1-3-9-17)18-10-4-5-11-20(18)27-23/h1-5,8-11,21-22H,6-7,12-15H2. The zero-order valence-corrected chi connectivity index (χ0v) is 15.3. The van der Waals surface area contributed by atoms with E-state index in [1.807, 2.05) is 42.5 Å². The lowest BCUT2D eigenvalue weighted by Gasteiger charge is -2.24. The van der Waals surface area contributed by atoms with Gasteiger partial charge in [0.1, 0.15) is 11.7 Å². The lowest BCUT2D eigenvalue weighted by molar-refractivity contribution is -0.181. The molecule has 2 aromatic carbocycles. The van der Waals surface area contributed by atoms with Gasteiger partial charge in [-0.15, -0.1) is 0 Å². The third-order valence-electron chi connectivity index (χ3n) is 5.02. The molecule has 2 unspecified atom stereocenters. The number of nitrogens with zero attached hydrogens (tertiary/aromatic N) is 1. The number of furan rings is 1. The molecular formula is C23H23NO3. The van der Waals surface area contributed by atoms with Gasteiger partial charge in [0, 0.05) is 17.6 Å². The molecule has 1 fully saturated rings. The molecule has 0 spiro atoms. The zero-order valence-electron chi connectivity index (χ0n) is 15.3. The Bertz CT molecular complexity index is 920. The first-order valence-corrected chi connectivity index (χ1v) is 9.56. The van der Waals surface area contributed by atoms with Gasteiger partial charge in [0.25, 0.3) is 0 Å². The number of rotatable bonds is 6. The van der Waals surface area contributed by atoms with Crippen LogP contribution < -0.4 is 0 Å². The molecule has 0 bridgehead atoms. The molecule has 0 saturated carbocycles. The minimum Gasteiger partial charge on any atom is -0.457 e. The number of para-hydroxylation sites is 1. The van der Waals surface area contributed by atoms with E-state index in [9.17, 15) is 5.26 Å². The van der Waals surface area contributed by atoms with Gasteiger partial charge in [0.2, 0.25) is 6.10 Å². The maximum Gasteiger partial charge on any atom is 0.204 e. The number of benzene rings is 2. The van der Waals surface area contributed by atoms with Gasteiger partial charge in [-0.25, -0.2) is 0 Å². The normalized spacial score (nSPS) is 18.3. The summed E-state index contributed by atoms with van der Waals surface area (Å²) >= 11 is 0. The van der Waals surface area contributed by atoms with E-state index >= 15 is 0 Å². The molecule has 0 N–H and O–H groups in total. The molecular weight excluding hydrogens is 338 g/mol. The van der Waals surface area contributed by atoms with Crippen molar-refractivity contribution in [1.29, 1.82) is 5.26 Å². The van der Waals surface area contributed by atoms with E-state index in [-0.39, 0.29) is 6.29 Å². The van der Waals surface area contributed by atoms with E-state index < -0.39 is 6.10 Å². The summed E-state index contributed by atoms with van der Waals surface area (Å²) < 4.78 is 17.7. The maximum atomic E-state index is 9.75. The van der Waals surface area contributed by atoms with Gasteiger partial charge < -0.3 is 13.9 Å². The van der Waals surface area contributed by atoms with Gasteiger partial charge in [-0.2, -0.15) is 5.26 Å². The molecule has 0 aliphatic carbocycles. The number of ether oxygens (including phenoxy) is 2. The highest BCUT2D eigenvalue weighted by Crippen LogP contribution is 2.34. The Morgan fingerprint density at radius 2 is 1.85 bits per heavy atom. The summed E-state index contributed by atoms with van der Waals surface area (Å²) in [6.45, 7) is 0.684. The second-order valence-corrected chi connectivity index (χ2v) is 6.87. The van der Waals surface area contributed by atoms with Crippen LogP contribution in [0.5, 0.6) is 0 Å². The van der Waals surface area contributed by atoms with Crippen LogP contribution in [-0.4, -0.2) is 12.9 Å². The first-order valence-electron chi connectivity index (χ1n) is 9.56. The zero-order chi connectivity index (χ0) is 18.5. The van der Waals surface area contributed by atoms with E-state index in [4.69, 9.17) is 13.9 Å². The van der Waals surface area contributed by atoms with Gasteiger partial charge in [-0.05, 0) is 43.7 Å². The van der Waals surface area contributed by atoms with Gasteiger partial charge in [-0.3, -0.25) is 0 Å². The van der Waals surface area contributed by atoms with E-state index in [2.05, 4.69) is 18.2 Å². The van der Waals surface area contributed by atoms with E-state index in [1.54, 1.807) is 0 Å². The smallest absolute Gasteiger partial charge is 0.204 e. The van der Waals surface area contributed by atoms with Crippen LogP contribution in [-0.2, 0) is 22.3 Å². The molecule has 3 aromatic rings. The van der Waals surface area contributed by atoms with Crippen molar-refractivity contribution in [2.45, 2.75) is 44.5 Å². The third kappa shape index (κ3) is 4.05. The Hall–Kier alpha value is -2.61. The van der Waals surface area contributed by atoms with Crippen molar-refractivity contribution in [3.63, 3.8) is 0 Å². The van der Waals surface area contributed by atoms with Gasteiger partial charge in [0.15, 0.2) is 12.1 Å². The largest absolute Gasteiger partial charge is 0.457 e. The predicted molar refractivity (Wildman–Crippen MR) is 103 cm³/mol. The number of fused-ring (bicyclic) bond motifs is 1. The molecule has 1 aromatic heterocycles. The average molecular weight is 361 g/mol. The summed E-state index contributed by atoms with van der Waals surface area (Å²) in [5.74, 6) is 0.615. The van der Waals surface area contributed by atoms with Crippen molar-refractivity contribution < 1.29 is 13.9 Å². The monoisotopic (exact) mass is 361 g/mol. The molecule has 2 atom stereocenters. The Morgan fingerprint density at radius 3 is 2.63 bits per heavy atom. The van der Waals surface area contributed by atoms with Crippen molar-refractivity contribution in [2.75, 3.05) is 6.61 Å². The summed E-state index contributed by atoms with van der Waals surface area (Å²) in [4.78, 5) is 0. The van der Waals surface area contributed by atoms with Crippen LogP contribution >= 0.6 is 0 Å². The highest BCUT2D eigenvalue weighted by molar-refractivity contribution is 5.82. The Labute approximate surface area is 159 Å². The van der Waals surface area contributed by atoms with Crippen LogP contribution in [0.2, 0.25) is 0 Å². The second kappa shape index (κ2) is 8.39. The number of hydrogen-bond donors (Lipinski definition) is 0. The van der Waals surface area contributed by atoms with E-state index in [0.717, 1.165) is 48.6 Å². The van der Waals surface area contributed by atoms with Crippen LogP contribution in [0.3, 0.4) is 0 Å². The van der Waals surface area contributed by atoms with Gasteiger partial charge in [-0.1, -0.05) is 48.5 Å². The molecule has 0 radical (unpaired) electrons. The minimum atomic E-state index is -0.758. The van der Waals surface area contributed by atoms with Crippen molar-refractivity contribution in [3.8, 4) is 6.07 Å². The summed E-state index contributed by atoms with van der Waals surface area (Å²) in [5, 5.41) is 10.8. The fraction of sp³-hybridized carbons (Fsp3) is 0.348. The fourth-order valence-corrected chi connectivity index (χ4v) is 3.62. The Balaban J connectivity index is 1.63. The summed E-state index contributed by atoms with van der Waals surface area (Å²) in [6, 6.07) is 20.6. The molecule has 2 heterocycles. The fourth-order valence-electron chi connectivity index (χ4n) is 3.62.